The van der Waals surface area contributed by atoms with E-state index >= 15 is 0 Å². The summed E-state index contributed by atoms with van der Waals surface area (Å²) in [5.74, 6) is 0. The molecule has 0 atom stereocenters. The molecule has 0 spiro atoms. The largest absolute Gasteiger partial charge is 0.309 e. The first-order chi connectivity index (χ1) is 29.8. The van der Waals surface area contributed by atoms with Crippen LogP contribution >= 0.6 is 0 Å². The highest BCUT2D eigenvalue weighted by molar-refractivity contribution is 6.28. The minimum absolute atomic E-state index is 0.630. The SMILES string of the molecule is N#Cc1ccc2c3ccc4c(c5ccccc5n4-c4ccccc4)c3n(-c3ccc4c(c3)c3c(ccc5c6ccccc6n(-c6ccccc6)c53)n4-c3ccccc3)c2c1. The Labute approximate surface area is 344 Å². The summed E-state index contributed by atoms with van der Waals surface area (Å²) >= 11 is 0. The van der Waals surface area contributed by atoms with Crippen LogP contribution in [-0.4, -0.2) is 18.3 Å². The summed E-state index contributed by atoms with van der Waals surface area (Å²) in [5.41, 5.74) is 14.0. The van der Waals surface area contributed by atoms with Gasteiger partial charge in [-0.3, -0.25) is 0 Å². The first kappa shape index (κ1) is 32.7. The molecule has 60 heavy (non-hydrogen) atoms. The highest BCUT2D eigenvalue weighted by Gasteiger charge is 2.24. The quantitative estimate of drug-likeness (QED) is 0.176. The number of nitriles is 1. The van der Waals surface area contributed by atoms with Crippen LogP contribution in [-0.2, 0) is 0 Å². The molecule has 4 aromatic heterocycles. The average molecular weight is 764 g/mol. The molecule has 0 aliphatic carbocycles. The maximum atomic E-state index is 10.3. The molecule has 5 heteroatoms. The van der Waals surface area contributed by atoms with Gasteiger partial charge in [-0.25, -0.2) is 0 Å². The Kier molecular flexibility index (Phi) is 6.73. The molecule has 0 radical (unpaired) electrons. The van der Waals surface area contributed by atoms with Crippen molar-refractivity contribution in [1.29, 1.82) is 5.26 Å². The van der Waals surface area contributed by atoms with E-state index in [0.29, 0.717) is 5.56 Å². The van der Waals surface area contributed by atoms with Crippen molar-refractivity contribution in [3.8, 4) is 28.8 Å². The fourth-order valence-corrected chi connectivity index (χ4v) is 10.1. The normalized spacial score (nSPS) is 12.0. The number of fused-ring (bicyclic) bond motifs is 14. The van der Waals surface area contributed by atoms with Gasteiger partial charge in [-0.05, 0) is 91.0 Å². The Bertz CT molecular complexity index is 3930. The fourth-order valence-electron chi connectivity index (χ4n) is 10.1. The van der Waals surface area contributed by atoms with Gasteiger partial charge in [0.2, 0.25) is 0 Å². The molecule has 9 aromatic carbocycles. The van der Waals surface area contributed by atoms with Crippen LogP contribution in [0, 0.1) is 11.3 Å². The molecule has 0 bridgehead atoms. The van der Waals surface area contributed by atoms with Crippen LogP contribution in [0.4, 0.5) is 0 Å². The number of hydrogen-bond acceptors (Lipinski definition) is 1. The Balaban J connectivity index is 1.23. The van der Waals surface area contributed by atoms with Gasteiger partial charge in [-0.2, -0.15) is 5.26 Å². The van der Waals surface area contributed by atoms with Gasteiger partial charge in [0.25, 0.3) is 0 Å². The Morgan fingerprint density at radius 2 is 0.717 bits per heavy atom. The number of rotatable bonds is 4. The summed E-state index contributed by atoms with van der Waals surface area (Å²) in [7, 11) is 0. The van der Waals surface area contributed by atoms with Crippen molar-refractivity contribution in [2.24, 2.45) is 0 Å². The molecule has 278 valence electrons. The van der Waals surface area contributed by atoms with Gasteiger partial charge in [0.1, 0.15) is 0 Å². The predicted molar refractivity (Wildman–Crippen MR) is 249 cm³/mol. The second-order valence-electron chi connectivity index (χ2n) is 15.6. The zero-order valence-electron chi connectivity index (χ0n) is 32.3. The smallest absolute Gasteiger partial charge is 0.0992 e. The zero-order chi connectivity index (χ0) is 39.5. The van der Waals surface area contributed by atoms with E-state index in [-0.39, 0.29) is 0 Å². The van der Waals surface area contributed by atoms with Gasteiger partial charge in [-0.15, -0.1) is 0 Å². The topological polar surface area (TPSA) is 43.5 Å². The zero-order valence-corrected chi connectivity index (χ0v) is 32.3. The number of aromatic nitrogens is 4. The standard InChI is InChI=1S/C55H33N5/c56-34-35-24-26-41-43-28-30-49-52(44-21-11-13-23-47(44)57(49)36-14-4-1-5-15-36)54(43)60(51(41)32-35)39-25-29-48-45(33-39)53-50(58(48)37-16-6-2-7-17-37)31-27-42-40-20-10-12-22-46(40)59(55(42)53)38-18-8-3-9-19-38/h1-33H. The maximum Gasteiger partial charge on any atom is 0.0992 e. The van der Waals surface area contributed by atoms with Gasteiger partial charge < -0.3 is 18.3 Å². The summed E-state index contributed by atoms with van der Waals surface area (Å²) in [4.78, 5) is 0. The van der Waals surface area contributed by atoms with E-state index in [9.17, 15) is 5.26 Å². The summed E-state index contributed by atoms with van der Waals surface area (Å²) in [6.07, 6.45) is 0. The lowest BCUT2D eigenvalue weighted by molar-refractivity contribution is 1.16. The first-order valence-electron chi connectivity index (χ1n) is 20.3. The highest BCUT2D eigenvalue weighted by atomic mass is 15.0. The summed E-state index contributed by atoms with van der Waals surface area (Å²) < 4.78 is 9.64. The van der Waals surface area contributed by atoms with E-state index in [4.69, 9.17) is 0 Å². The third-order valence-electron chi connectivity index (χ3n) is 12.5. The molecule has 0 amide bonds. The van der Waals surface area contributed by atoms with E-state index in [1.807, 2.05) is 6.07 Å². The molecule has 13 rings (SSSR count). The van der Waals surface area contributed by atoms with Crippen molar-refractivity contribution < 1.29 is 0 Å². The van der Waals surface area contributed by atoms with Crippen molar-refractivity contribution in [3.63, 3.8) is 0 Å². The van der Waals surface area contributed by atoms with Crippen LogP contribution in [0.25, 0.3) is 110 Å². The first-order valence-corrected chi connectivity index (χ1v) is 20.3. The average Bonchev–Trinajstić information content (AvgIpc) is 4.04. The third-order valence-corrected chi connectivity index (χ3v) is 12.5. The van der Waals surface area contributed by atoms with E-state index in [0.717, 1.165) is 72.0 Å². The minimum atomic E-state index is 0.630. The van der Waals surface area contributed by atoms with Gasteiger partial charge in [0.15, 0.2) is 0 Å². The third kappa shape index (κ3) is 4.39. The minimum Gasteiger partial charge on any atom is -0.309 e. The monoisotopic (exact) mass is 763 g/mol. The molecule has 4 heterocycles. The number of benzene rings is 9. The van der Waals surface area contributed by atoms with Crippen molar-refractivity contribution in [3.05, 3.63) is 206 Å². The molecule has 13 aromatic rings. The van der Waals surface area contributed by atoms with Crippen molar-refractivity contribution in [2.45, 2.75) is 0 Å². The van der Waals surface area contributed by atoms with Crippen LogP contribution in [0.1, 0.15) is 5.56 Å². The Hall–Kier alpha value is -8.33. The van der Waals surface area contributed by atoms with Crippen molar-refractivity contribution in [1.82, 2.24) is 18.3 Å². The van der Waals surface area contributed by atoms with E-state index in [1.165, 1.54) is 38.0 Å². The lowest BCUT2D eigenvalue weighted by Crippen LogP contribution is -1.96. The second kappa shape index (κ2) is 12.3. The van der Waals surface area contributed by atoms with E-state index < -0.39 is 0 Å². The van der Waals surface area contributed by atoms with Crippen LogP contribution < -0.4 is 0 Å². The highest BCUT2D eigenvalue weighted by Crippen LogP contribution is 2.45. The number of nitrogens with zero attached hydrogens (tertiary/aromatic N) is 5. The summed E-state index contributed by atoms with van der Waals surface area (Å²) in [5, 5.41) is 19.7. The lowest BCUT2D eigenvalue weighted by Gasteiger charge is -2.12. The molecule has 0 fully saturated rings. The molecule has 0 unspecified atom stereocenters. The molecule has 0 saturated carbocycles. The summed E-state index contributed by atoms with van der Waals surface area (Å²) in [6, 6.07) is 74.2. The van der Waals surface area contributed by atoms with Crippen molar-refractivity contribution in [2.75, 3.05) is 0 Å². The maximum absolute atomic E-state index is 10.3. The van der Waals surface area contributed by atoms with Gasteiger partial charge in [0.05, 0.1) is 55.8 Å². The molecule has 0 saturated heterocycles. The number of para-hydroxylation sites is 5. The van der Waals surface area contributed by atoms with Crippen LogP contribution in [0.15, 0.2) is 200 Å². The molecular weight excluding hydrogens is 731 g/mol. The van der Waals surface area contributed by atoms with E-state index in [2.05, 4.69) is 218 Å². The van der Waals surface area contributed by atoms with Gasteiger partial charge in [0, 0.05) is 65.8 Å². The molecule has 0 N–H and O–H groups in total. The molecular formula is C55H33N5. The molecule has 0 aliphatic heterocycles. The Morgan fingerprint density at radius 3 is 1.32 bits per heavy atom. The van der Waals surface area contributed by atoms with Gasteiger partial charge >= 0.3 is 0 Å². The fraction of sp³-hybridized carbons (Fsp3) is 0. The Morgan fingerprint density at radius 1 is 0.283 bits per heavy atom. The molecule has 0 aliphatic rings. The van der Waals surface area contributed by atoms with Crippen LogP contribution in [0.5, 0.6) is 0 Å². The van der Waals surface area contributed by atoms with Crippen molar-refractivity contribution >= 4 is 87.2 Å². The van der Waals surface area contributed by atoms with Crippen LogP contribution in [0.2, 0.25) is 0 Å². The predicted octanol–water partition coefficient (Wildman–Crippen LogP) is 13.9. The number of hydrogen-bond donors (Lipinski definition) is 0. The van der Waals surface area contributed by atoms with E-state index in [1.54, 1.807) is 0 Å². The molecule has 5 nitrogen and oxygen atoms in total. The lowest BCUT2D eigenvalue weighted by atomic mass is 10.1. The second-order valence-corrected chi connectivity index (χ2v) is 15.6. The van der Waals surface area contributed by atoms with Crippen LogP contribution in [0.3, 0.4) is 0 Å². The summed E-state index contributed by atoms with van der Waals surface area (Å²) in [6.45, 7) is 0. The van der Waals surface area contributed by atoms with Gasteiger partial charge in [-0.1, -0.05) is 109 Å².